The predicted octanol–water partition coefficient (Wildman–Crippen LogP) is 4.95. The number of carbonyl (C=O) groups excluding carboxylic acids is 2. The van der Waals surface area contributed by atoms with Crippen molar-refractivity contribution in [1.82, 2.24) is 9.78 Å². The molecule has 0 bridgehead atoms. The van der Waals surface area contributed by atoms with E-state index in [2.05, 4.69) is 5.10 Å². The number of benzene rings is 2. The summed E-state index contributed by atoms with van der Waals surface area (Å²) >= 11 is 11.8. The third-order valence-electron chi connectivity index (χ3n) is 4.03. The monoisotopic (exact) mass is 414 g/mol. The van der Waals surface area contributed by atoms with Crippen molar-refractivity contribution in [1.29, 1.82) is 0 Å². The molecule has 7 heteroatoms. The number of allylic oxidation sites excluding steroid dienone is 1. The van der Waals surface area contributed by atoms with E-state index < -0.39 is 5.97 Å². The molecule has 0 atom stereocenters. The Balaban J connectivity index is 2.00. The van der Waals surface area contributed by atoms with E-state index in [0.717, 1.165) is 5.56 Å². The van der Waals surface area contributed by atoms with Gasteiger partial charge < -0.3 is 4.74 Å². The van der Waals surface area contributed by atoms with Gasteiger partial charge in [-0.2, -0.15) is 5.10 Å². The molecular formula is C21H16Cl2N2O3. The van der Waals surface area contributed by atoms with Crippen LogP contribution < -0.4 is 0 Å². The molecule has 5 nitrogen and oxygen atoms in total. The molecule has 0 spiro atoms. The summed E-state index contributed by atoms with van der Waals surface area (Å²) in [7, 11) is 0. The third-order valence-corrected chi connectivity index (χ3v) is 4.53. The first-order valence-corrected chi connectivity index (χ1v) is 9.28. The molecule has 28 heavy (non-hydrogen) atoms. The molecular weight excluding hydrogens is 399 g/mol. The summed E-state index contributed by atoms with van der Waals surface area (Å²) in [5.74, 6) is 1.42. The average molecular weight is 415 g/mol. The molecule has 0 saturated heterocycles. The molecule has 1 heterocycles. The largest absolute Gasteiger partial charge is 0.461 e. The molecule has 0 aliphatic carbocycles. The number of esters is 1. The molecule has 0 aliphatic heterocycles. The Morgan fingerprint density at radius 1 is 1.07 bits per heavy atom. The lowest BCUT2D eigenvalue weighted by Crippen LogP contribution is -2.14. The maximum absolute atomic E-state index is 12.4. The highest BCUT2D eigenvalue weighted by atomic mass is 35.5. The van der Waals surface area contributed by atoms with E-state index in [1.807, 2.05) is 5.94 Å². The van der Waals surface area contributed by atoms with Crippen LogP contribution in [-0.4, -0.2) is 28.3 Å². The summed E-state index contributed by atoms with van der Waals surface area (Å²) < 4.78 is 6.57. The van der Waals surface area contributed by atoms with E-state index in [4.69, 9.17) is 27.9 Å². The van der Waals surface area contributed by atoms with Crippen LogP contribution in [0.5, 0.6) is 0 Å². The average Bonchev–Trinajstić information content (AvgIpc) is 3.11. The van der Waals surface area contributed by atoms with Gasteiger partial charge in [0.25, 0.3) is 0 Å². The van der Waals surface area contributed by atoms with Gasteiger partial charge in [-0.15, -0.1) is 0 Å². The maximum atomic E-state index is 12.4. The lowest BCUT2D eigenvalue weighted by molar-refractivity contribution is 0.0513. The lowest BCUT2D eigenvalue weighted by atomic mass is 10.1. The lowest BCUT2D eigenvalue weighted by Gasteiger charge is -2.08. The van der Waals surface area contributed by atoms with Crippen LogP contribution in [0.2, 0.25) is 10.0 Å². The van der Waals surface area contributed by atoms with Crippen molar-refractivity contribution >= 4 is 40.7 Å². The van der Waals surface area contributed by atoms with E-state index in [1.54, 1.807) is 61.5 Å². The minimum absolute atomic E-state index is 0.0624. The van der Waals surface area contributed by atoms with Crippen molar-refractivity contribution in [2.75, 3.05) is 6.61 Å². The number of hydrogen-bond donors (Lipinski definition) is 0. The van der Waals surface area contributed by atoms with Gasteiger partial charge in [0.15, 0.2) is 0 Å². The highest BCUT2D eigenvalue weighted by Gasteiger charge is 2.19. The SMILES string of the molecule is CCOC(=O)c1cc(-c2ccc(Cl)cc2)nn1CC(=C=O)c1ccc(Cl)cc1. The second kappa shape index (κ2) is 8.89. The normalized spacial score (nSPS) is 10.4. The molecule has 3 aromatic rings. The minimum atomic E-state index is -0.517. The van der Waals surface area contributed by atoms with E-state index in [0.29, 0.717) is 26.9 Å². The smallest absolute Gasteiger partial charge is 0.356 e. The number of rotatable bonds is 6. The Kier molecular flexibility index (Phi) is 6.32. The molecule has 3 rings (SSSR count). The van der Waals surface area contributed by atoms with Gasteiger partial charge >= 0.3 is 5.97 Å². The number of ether oxygens (including phenoxy) is 1. The summed E-state index contributed by atoms with van der Waals surface area (Å²) in [6.45, 7) is 2.02. The van der Waals surface area contributed by atoms with Crippen LogP contribution in [0.3, 0.4) is 0 Å². The number of hydrogen-bond acceptors (Lipinski definition) is 4. The van der Waals surface area contributed by atoms with E-state index in [9.17, 15) is 9.59 Å². The van der Waals surface area contributed by atoms with Crippen molar-refractivity contribution in [3.63, 3.8) is 0 Å². The predicted molar refractivity (Wildman–Crippen MR) is 109 cm³/mol. The molecule has 0 aliphatic rings. The topological polar surface area (TPSA) is 61.2 Å². The summed E-state index contributed by atoms with van der Waals surface area (Å²) in [5.41, 5.74) is 2.59. The second-order valence-electron chi connectivity index (χ2n) is 5.89. The fraction of sp³-hybridized carbons (Fsp3) is 0.143. The molecule has 0 saturated carbocycles. The van der Waals surface area contributed by atoms with Gasteiger partial charge in [-0.1, -0.05) is 47.5 Å². The van der Waals surface area contributed by atoms with Gasteiger partial charge in [-0.3, -0.25) is 4.68 Å². The summed E-state index contributed by atoms with van der Waals surface area (Å²) in [4.78, 5) is 23.9. The van der Waals surface area contributed by atoms with Crippen LogP contribution in [0.4, 0.5) is 0 Å². The first kappa shape index (κ1) is 19.9. The molecule has 0 N–H and O–H groups in total. The molecule has 0 unspecified atom stereocenters. The number of halogens is 2. The zero-order valence-corrected chi connectivity index (χ0v) is 16.5. The molecule has 142 valence electrons. The zero-order valence-electron chi connectivity index (χ0n) is 15.0. The van der Waals surface area contributed by atoms with Crippen LogP contribution >= 0.6 is 23.2 Å². The highest BCUT2D eigenvalue weighted by Crippen LogP contribution is 2.24. The molecule has 2 aromatic carbocycles. The van der Waals surface area contributed by atoms with Gasteiger partial charge in [-0.05, 0) is 42.8 Å². The Bertz CT molecular complexity index is 1030. The van der Waals surface area contributed by atoms with Crippen molar-refractivity contribution in [2.45, 2.75) is 13.5 Å². The van der Waals surface area contributed by atoms with Crippen LogP contribution in [0.1, 0.15) is 23.0 Å². The van der Waals surface area contributed by atoms with Crippen LogP contribution in [-0.2, 0) is 16.1 Å². The zero-order chi connectivity index (χ0) is 20.1. The number of carbonyl (C=O) groups is 1. The van der Waals surface area contributed by atoms with Crippen molar-refractivity contribution < 1.29 is 14.3 Å². The number of aromatic nitrogens is 2. The second-order valence-corrected chi connectivity index (χ2v) is 6.76. The Morgan fingerprint density at radius 2 is 1.68 bits per heavy atom. The van der Waals surface area contributed by atoms with E-state index in [-0.39, 0.29) is 18.8 Å². The van der Waals surface area contributed by atoms with Gasteiger partial charge in [0.05, 0.1) is 24.4 Å². The Morgan fingerprint density at radius 3 is 2.25 bits per heavy atom. The Hall–Kier alpha value is -2.85. The minimum Gasteiger partial charge on any atom is -0.461 e. The first-order chi connectivity index (χ1) is 13.5. The molecule has 1 aromatic heterocycles. The molecule has 0 fully saturated rings. The Labute approximate surface area is 172 Å². The third kappa shape index (κ3) is 4.52. The van der Waals surface area contributed by atoms with Crippen molar-refractivity contribution in [2.24, 2.45) is 0 Å². The van der Waals surface area contributed by atoms with Crippen molar-refractivity contribution in [3.8, 4) is 11.3 Å². The summed E-state index contributed by atoms with van der Waals surface area (Å²) in [5, 5.41) is 5.65. The van der Waals surface area contributed by atoms with Crippen LogP contribution in [0.25, 0.3) is 16.8 Å². The summed E-state index contributed by atoms with van der Waals surface area (Å²) in [6.07, 6.45) is 0. The fourth-order valence-corrected chi connectivity index (χ4v) is 2.90. The summed E-state index contributed by atoms with van der Waals surface area (Å²) in [6, 6.07) is 15.5. The van der Waals surface area contributed by atoms with E-state index >= 15 is 0 Å². The van der Waals surface area contributed by atoms with Crippen molar-refractivity contribution in [3.05, 3.63) is 75.9 Å². The van der Waals surface area contributed by atoms with E-state index in [1.165, 1.54) is 4.68 Å². The number of nitrogens with zero attached hydrogens (tertiary/aromatic N) is 2. The molecule has 0 amide bonds. The van der Waals surface area contributed by atoms with Gasteiger partial charge in [0, 0.05) is 15.6 Å². The van der Waals surface area contributed by atoms with Crippen LogP contribution in [0.15, 0.2) is 54.6 Å². The van der Waals surface area contributed by atoms with Gasteiger partial charge in [-0.25, -0.2) is 9.59 Å². The maximum Gasteiger partial charge on any atom is 0.356 e. The standard InChI is InChI=1S/C21H16Cl2N2O3/c1-2-28-21(27)20-11-19(15-5-9-18(23)10-6-15)24-25(20)12-16(13-26)14-3-7-17(22)8-4-14/h3-11H,2,12H2,1H3. The highest BCUT2D eigenvalue weighted by molar-refractivity contribution is 6.30. The quantitative estimate of drug-likeness (QED) is 0.422. The van der Waals surface area contributed by atoms with Crippen LogP contribution in [0, 0.1) is 0 Å². The molecule has 0 radical (unpaired) electrons. The van der Waals surface area contributed by atoms with Gasteiger partial charge in [0.1, 0.15) is 11.6 Å². The first-order valence-electron chi connectivity index (χ1n) is 8.52. The van der Waals surface area contributed by atoms with Gasteiger partial charge in [0.2, 0.25) is 0 Å². The fourth-order valence-electron chi connectivity index (χ4n) is 2.65.